The lowest BCUT2D eigenvalue weighted by Gasteiger charge is -2.35. The number of anilines is 1. The number of piperazine rings is 1. The Morgan fingerprint density at radius 3 is 2.39 bits per heavy atom. The molecule has 2 amide bonds. The molecule has 0 unspecified atom stereocenters. The van der Waals surface area contributed by atoms with Crippen LogP contribution in [0.5, 0.6) is 0 Å². The van der Waals surface area contributed by atoms with Crippen LogP contribution in [0, 0.1) is 13.8 Å². The number of thiophene rings is 1. The van der Waals surface area contributed by atoms with E-state index in [0.29, 0.717) is 17.0 Å². The fraction of sp³-hybridized carbons (Fsp3) is 0.364. The van der Waals surface area contributed by atoms with Crippen molar-refractivity contribution in [3.63, 3.8) is 0 Å². The van der Waals surface area contributed by atoms with Crippen molar-refractivity contribution in [1.29, 1.82) is 0 Å². The van der Waals surface area contributed by atoms with E-state index in [1.165, 1.54) is 16.2 Å². The van der Waals surface area contributed by atoms with Crippen LogP contribution in [0.25, 0.3) is 5.57 Å². The lowest BCUT2D eigenvalue weighted by molar-refractivity contribution is -0.120. The topological polar surface area (TPSA) is 43.9 Å². The molecule has 2 aromatic rings. The average Bonchev–Trinajstić information content (AvgIpc) is 3.30. The number of carbonyl (C=O) groups is 2. The van der Waals surface area contributed by atoms with Gasteiger partial charge in [-0.05, 0) is 49.0 Å². The number of amides is 2. The zero-order valence-corrected chi connectivity index (χ0v) is 17.4. The Bertz CT molecular complexity index is 941. The van der Waals surface area contributed by atoms with Gasteiger partial charge in [0.25, 0.3) is 11.8 Å². The first-order chi connectivity index (χ1) is 13.5. The third-order valence-electron chi connectivity index (χ3n) is 5.57. The number of aryl methyl sites for hydroxylation is 2. The van der Waals surface area contributed by atoms with Crippen LogP contribution < -0.4 is 4.90 Å². The maximum absolute atomic E-state index is 13.5. The lowest BCUT2D eigenvalue weighted by Crippen LogP contribution is -2.47. The van der Waals surface area contributed by atoms with E-state index < -0.39 is 0 Å². The van der Waals surface area contributed by atoms with E-state index in [1.807, 2.05) is 49.6 Å². The van der Waals surface area contributed by atoms with E-state index in [9.17, 15) is 9.59 Å². The molecule has 0 N–H and O–H groups in total. The summed E-state index contributed by atoms with van der Waals surface area (Å²) in [5, 5.41) is 1.95. The number of rotatable bonds is 4. The molecule has 0 radical (unpaired) electrons. The highest BCUT2D eigenvalue weighted by Crippen LogP contribution is 2.38. The summed E-state index contributed by atoms with van der Waals surface area (Å²) in [5.41, 5.74) is 3.75. The quantitative estimate of drug-likeness (QED) is 0.745. The number of carbonyl (C=O) groups excluding carboxylic acids is 2. The second-order valence-corrected chi connectivity index (χ2v) is 8.31. The van der Waals surface area contributed by atoms with E-state index in [0.717, 1.165) is 48.7 Å². The van der Waals surface area contributed by atoms with Crippen LogP contribution in [0.4, 0.5) is 5.69 Å². The van der Waals surface area contributed by atoms with Gasteiger partial charge in [-0.15, -0.1) is 11.3 Å². The molecule has 5 nitrogen and oxygen atoms in total. The average molecular weight is 396 g/mol. The molecule has 1 saturated heterocycles. The van der Waals surface area contributed by atoms with Crippen molar-refractivity contribution in [2.45, 2.75) is 20.8 Å². The standard InChI is InChI=1S/C22H25N3O2S/c1-4-23-9-11-24(12-10-23)20-19(18-6-5-13-28-18)21(26)25(22(20)27)17-14-15(2)7-8-16(17)3/h5-8,13-14H,4,9-12H2,1-3H3. The first kappa shape index (κ1) is 18.9. The highest BCUT2D eigenvalue weighted by Gasteiger charge is 2.43. The van der Waals surface area contributed by atoms with Gasteiger partial charge in [0.05, 0.1) is 11.3 Å². The van der Waals surface area contributed by atoms with E-state index in [1.54, 1.807) is 0 Å². The van der Waals surface area contributed by atoms with Gasteiger partial charge in [-0.1, -0.05) is 25.1 Å². The number of hydrogen-bond acceptors (Lipinski definition) is 5. The van der Waals surface area contributed by atoms with Crippen LogP contribution in [0.1, 0.15) is 22.9 Å². The molecular formula is C22H25N3O2S. The molecule has 2 aliphatic heterocycles. The Labute approximate surface area is 169 Å². The van der Waals surface area contributed by atoms with Gasteiger partial charge in [-0.25, -0.2) is 4.90 Å². The molecule has 1 aromatic heterocycles. The predicted molar refractivity (Wildman–Crippen MR) is 113 cm³/mol. The molecule has 28 heavy (non-hydrogen) atoms. The van der Waals surface area contributed by atoms with Crippen molar-refractivity contribution in [3.8, 4) is 0 Å². The zero-order valence-electron chi connectivity index (χ0n) is 16.6. The van der Waals surface area contributed by atoms with Crippen molar-refractivity contribution in [3.05, 3.63) is 57.4 Å². The third-order valence-corrected chi connectivity index (χ3v) is 6.46. The van der Waals surface area contributed by atoms with Gasteiger partial charge in [0.1, 0.15) is 5.70 Å². The molecule has 1 aromatic carbocycles. The van der Waals surface area contributed by atoms with Crippen molar-refractivity contribution in [1.82, 2.24) is 9.80 Å². The number of hydrogen-bond donors (Lipinski definition) is 0. The Balaban J connectivity index is 1.77. The molecule has 1 fully saturated rings. The van der Waals surface area contributed by atoms with Gasteiger partial charge in [-0.2, -0.15) is 0 Å². The minimum atomic E-state index is -0.214. The summed E-state index contributed by atoms with van der Waals surface area (Å²) in [6.07, 6.45) is 0. The van der Waals surface area contributed by atoms with Crippen molar-refractivity contribution in [2.24, 2.45) is 0 Å². The van der Waals surface area contributed by atoms with Gasteiger partial charge in [0, 0.05) is 31.1 Å². The Morgan fingerprint density at radius 2 is 1.75 bits per heavy atom. The zero-order chi connectivity index (χ0) is 19.8. The van der Waals surface area contributed by atoms with Gasteiger partial charge >= 0.3 is 0 Å². The largest absolute Gasteiger partial charge is 0.364 e. The third kappa shape index (κ3) is 3.16. The molecule has 6 heteroatoms. The summed E-state index contributed by atoms with van der Waals surface area (Å²) < 4.78 is 0. The van der Waals surface area contributed by atoms with Crippen molar-refractivity contribution >= 4 is 34.4 Å². The number of imide groups is 1. The lowest BCUT2D eigenvalue weighted by atomic mass is 10.1. The fourth-order valence-electron chi connectivity index (χ4n) is 3.92. The number of likely N-dealkylation sites (N-methyl/N-ethyl adjacent to an activating group) is 1. The van der Waals surface area contributed by atoms with Gasteiger partial charge < -0.3 is 9.80 Å². The molecule has 3 heterocycles. The van der Waals surface area contributed by atoms with Crippen molar-refractivity contribution < 1.29 is 9.59 Å². The molecule has 0 aliphatic carbocycles. The smallest absolute Gasteiger partial charge is 0.282 e. The molecule has 0 bridgehead atoms. The highest BCUT2D eigenvalue weighted by molar-refractivity contribution is 7.11. The van der Waals surface area contributed by atoms with E-state index in [-0.39, 0.29) is 11.8 Å². The Morgan fingerprint density at radius 1 is 1.00 bits per heavy atom. The summed E-state index contributed by atoms with van der Waals surface area (Å²) in [6.45, 7) is 10.4. The van der Waals surface area contributed by atoms with E-state index in [4.69, 9.17) is 0 Å². The predicted octanol–water partition coefficient (Wildman–Crippen LogP) is 3.29. The second kappa shape index (κ2) is 7.53. The molecule has 0 saturated carbocycles. The van der Waals surface area contributed by atoms with Gasteiger partial charge in [-0.3, -0.25) is 9.59 Å². The number of nitrogens with zero attached hydrogens (tertiary/aromatic N) is 3. The summed E-state index contributed by atoms with van der Waals surface area (Å²) in [4.78, 5) is 33.7. The van der Waals surface area contributed by atoms with Crippen molar-refractivity contribution in [2.75, 3.05) is 37.6 Å². The van der Waals surface area contributed by atoms with Crippen LogP contribution in [-0.2, 0) is 9.59 Å². The van der Waals surface area contributed by atoms with Crippen LogP contribution in [0.3, 0.4) is 0 Å². The second-order valence-electron chi connectivity index (χ2n) is 7.36. The number of benzene rings is 1. The van der Waals surface area contributed by atoms with Gasteiger partial charge in [0.15, 0.2) is 0 Å². The van der Waals surface area contributed by atoms with Crippen LogP contribution in [0.2, 0.25) is 0 Å². The Kier molecular flexibility index (Phi) is 5.08. The van der Waals surface area contributed by atoms with Crippen LogP contribution in [0.15, 0.2) is 41.4 Å². The summed E-state index contributed by atoms with van der Waals surface area (Å²) in [5.74, 6) is -0.416. The van der Waals surface area contributed by atoms with E-state index >= 15 is 0 Å². The van der Waals surface area contributed by atoms with E-state index in [2.05, 4.69) is 16.7 Å². The molecule has 2 aliphatic rings. The monoisotopic (exact) mass is 395 g/mol. The van der Waals surface area contributed by atoms with Crippen LogP contribution >= 0.6 is 11.3 Å². The molecule has 0 atom stereocenters. The van der Waals surface area contributed by atoms with Crippen LogP contribution in [-0.4, -0.2) is 54.3 Å². The molecule has 4 rings (SSSR count). The first-order valence-corrected chi connectivity index (χ1v) is 10.6. The minimum Gasteiger partial charge on any atom is -0.364 e. The highest BCUT2D eigenvalue weighted by atomic mass is 32.1. The normalized spacial score (nSPS) is 18.5. The SMILES string of the molecule is CCN1CCN(C2=C(c3cccs3)C(=O)N(c3cc(C)ccc3C)C2=O)CC1. The maximum Gasteiger partial charge on any atom is 0.282 e. The molecule has 0 spiro atoms. The minimum absolute atomic E-state index is 0.202. The summed E-state index contributed by atoms with van der Waals surface area (Å²) in [6, 6.07) is 9.75. The molecule has 146 valence electrons. The maximum atomic E-state index is 13.5. The molecular weight excluding hydrogens is 370 g/mol. The summed E-state index contributed by atoms with van der Waals surface area (Å²) >= 11 is 1.51. The summed E-state index contributed by atoms with van der Waals surface area (Å²) in [7, 11) is 0. The first-order valence-electron chi connectivity index (χ1n) is 9.72. The fourth-order valence-corrected chi connectivity index (χ4v) is 4.68. The Hall–Kier alpha value is -2.44. The van der Waals surface area contributed by atoms with Gasteiger partial charge in [0.2, 0.25) is 0 Å².